The first-order valence-electron chi connectivity index (χ1n) is 7.58. The van der Waals surface area contributed by atoms with Gasteiger partial charge in [0.2, 0.25) is 0 Å². The van der Waals surface area contributed by atoms with Gasteiger partial charge in [-0.05, 0) is 17.7 Å². The molecule has 11 nitrogen and oxygen atoms in total. The number of ether oxygens (including phenoxy) is 1. The number of rotatable bonds is 6. The van der Waals surface area contributed by atoms with Crippen LogP contribution < -0.4 is 0 Å². The molecule has 6 N–H and O–H groups in total. The summed E-state index contributed by atoms with van der Waals surface area (Å²) in [5, 5.41) is 51.4. The SMILES string of the molecule is O=S(=O)(O)O/N=C(\Cc1ccc(O)cc1)S[C@@H]1O[C@H](CO)[C@@H](O)[C@H](O)[C@H]1O.[K]. The van der Waals surface area contributed by atoms with Crippen LogP contribution in [0, 0.1) is 0 Å². The topological polar surface area (TPSA) is 186 Å². The quantitative estimate of drug-likeness (QED) is 0.0918. The molecule has 0 spiro atoms. The van der Waals surface area contributed by atoms with E-state index in [9.17, 15) is 34.0 Å². The largest absolute Gasteiger partial charge is 0.508 e. The molecule has 1 heterocycles. The van der Waals surface area contributed by atoms with Crippen molar-refractivity contribution in [3.05, 3.63) is 29.8 Å². The first kappa shape index (κ1) is 26.2. The minimum absolute atomic E-state index is 0. The van der Waals surface area contributed by atoms with Crippen molar-refractivity contribution in [2.24, 2.45) is 5.16 Å². The summed E-state index contributed by atoms with van der Waals surface area (Å²) in [4.78, 5) is 0. The van der Waals surface area contributed by atoms with Gasteiger partial charge < -0.3 is 30.3 Å². The molecule has 2 rings (SSSR count). The first-order chi connectivity index (χ1) is 12.6. The smallest absolute Gasteiger partial charge is 0.466 e. The Morgan fingerprint density at radius 3 is 2.29 bits per heavy atom. The van der Waals surface area contributed by atoms with E-state index < -0.39 is 46.9 Å². The van der Waals surface area contributed by atoms with Crippen LogP contribution in [0.2, 0.25) is 0 Å². The molecule has 0 aromatic heterocycles. The van der Waals surface area contributed by atoms with Crippen molar-refractivity contribution < 1.29 is 47.5 Å². The monoisotopic (exact) mass is 464 g/mol. The number of nitrogens with zero attached hydrogens (tertiary/aromatic N) is 1. The minimum atomic E-state index is -4.88. The standard InChI is InChI=1S/C14H19NO10S2.K/c16-6-9-11(18)12(19)13(20)14(24-9)26-10(15-25-27(21,22)23)5-7-1-3-8(17)4-2-7;/h1-4,9,11-14,16-20H,5-6H2,(H,21,22,23);/b15-10+;/t9-,11-,12+,13-,14+;/m1./s1. The van der Waals surface area contributed by atoms with Crippen molar-refractivity contribution in [2.75, 3.05) is 6.61 Å². The van der Waals surface area contributed by atoms with Crippen molar-refractivity contribution in [2.45, 2.75) is 36.3 Å². The Hall–Kier alpha value is 0.186. The van der Waals surface area contributed by atoms with Gasteiger partial charge in [-0.25, -0.2) is 4.28 Å². The molecule has 0 bridgehead atoms. The van der Waals surface area contributed by atoms with E-state index in [1.165, 1.54) is 24.3 Å². The van der Waals surface area contributed by atoms with Gasteiger partial charge in [-0.1, -0.05) is 29.1 Å². The zero-order chi connectivity index (χ0) is 20.2. The first-order valence-corrected chi connectivity index (χ1v) is 9.83. The van der Waals surface area contributed by atoms with Gasteiger partial charge >= 0.3 is 10.4 Å². The molecule has 0 saturated carbocycles. The predicted molar refractivity (Wildman–Crippen MR) is 99.0 cm³/mol. The van der Waals surface area contributed by atoms with Crippen molar-refractivity contribution >= 4 is 78.6 Å². The molecule has 1 radical (unpaired) electrons. The number of aromatic hydroxyl groups is 1. The number of hydrogen-bond donors (Lipinski definition) is 6. The molecule has 1 saturated heterocycles. The van der Waals surface area contributed by atoms with Crippen LogP contribution in [0.1, 0.15) is 5.56 Å². The van der Waals surface area contributed by atoms with Gasteiger partial charge in [0.25, 0.3) is 0 Å². The summed E-state index contributed by atoms with van der Waals surface area (Å²) in [5.41, 5.74) is -0.649. The fourth-order valence-electron chi connectivity index (χ4n) is 2.27. The van der Waals surface area contributed by atoms with Crippen LogP contribution in [0.4, 0.5) is 0 Å². The molecule has 1 aliphatic heterocycles. The Kier molecular flexibility index (Phi) is 10.8. The van der Waals surface area contributed by atoms with Crippen LogP contribution >= 0.6 is 11.8 Å². The summed E-state index contributed by atoms with van der Waals surface area (Å²) < 4.78 is 39.6. The second-order valence-electron chi connectivity index (χ2n) is 5.65. The number of phenolic OH excluding ortho intramolecular Hbond substituents is 1. The number of aliphatic hydroxyl groups is 4. The van der Waals surface area contributed by atoms with Crippen molar-refractivity contribution in [3.8, 4) is 5.75 Å². The summed E-state index contributed by atoms with van der Waals surface area (Å²) >= 11 is 0.671. The summed E-state index contributed by atoms with van der Waals surface area (Å²) in [6.45, 7) is -0.631. The Labute approximate surface area is 207 Å². The van der Waals surface area contributed by atoms with Crippen LogP contribution in [0.15, 0.2) is 29.4 Å². The van der Waals surface area contributed by atoms with E-state index in [-0.39, 0.29) is 68.6 Å². The van der Waals surface area contributed by atoms with Crippen LogP contribution in [0.25, 0.3) is 0 Å². The Balaban J connectivity index is 0.00000392. The van der Waals surface area contributed by atoms with E-state index in [1.54, 1.807) is 0 Å². The van der Waals surface area contributed by atoms with Crippen molar-refractivity contribution in [1.82, 2.24) is 0 Å². The van der Waals surface area contributed by atoms with Gasteiger partial charge in [-0.15, -0.1) is 0 Å². The van der Waals surface area contributed by atoms with E-state index in [1.807, 2.05) is 0 Å². The molecule has 0 amide bonds. The summed E-state index contributed by atoms with van der Waals surface area (Å²) in [6, 6.07) is 5.81. The van der Waals surface area contributed by atoms with E-state index in [0.717, 1.165) is 0 Å². The van der Waals surface area contributed by atoms with Crippen molar-refractivity contribution in [3.63, 3.8) is 0 Å². The van der Waals surface area contributed by atoms with E-state index in [0.29, 0.717) is 17.3 Å². The second kappa shape index (κ2) is 11.5. The molecule has 1 aromatic carbocycles. The number of oxime groups is 1. The number of aliphatic hydroxyl groups excluding tert-OH is 4. The van der Waals surface area contributed by atoms with Gasteiger partial charge in [0.15, 0.2) is 0 Å². The molecule has 1 aromatic rings. The number of benzene rings is 1. The Bertz CT molecular complexity index is 758. The summed E-state index contributed by atoms with van der Waals surface area (Å²) in [6.07, 6.45) is -5.93. The third kappa shape index (κ3) is 7.79. The minimum Gasteiger partial charge on any atom is -0.508 e. The molecule has 1 fully saturated rings. The van der Waals surface area contributed by atoms with Gasteiger partial charge in [-0.3, -0.25) is 4.55 Å². The fourth-order valence-corrected chi connectivity index (χ4v) is 3.60. The van der Waals surface area contributed by atoms with Crippen molar-refractivity contribution in [1.29, 1.82) is 0 Å². The summed E-state index contributed by atoms with van der Waals surface area (Å²) in [5.74, 6) is 0.00742. The zero-order valence-electron chi connectivity index (χ0n) is 14.7. The molecule has 28 heavy (non-hydrogen) atoms. The van der Waals surface area contributed by atoms with E-state index in [4.69, 9.17) is 9.29 Å². The molecule has 5 atom stereocenters. The fraction of sp³-hybridized carbons (Fsp3) is 0.500. The van der Waals surface area contributed by atoms with Gasteiger partial charge in [-0.2, -0.15) is 8.42 Å². The van der Waals surface area contributed by atoms with Gasteiger partial charge in [0.1, 0.15) is 40.6 Å². The second-order valence-corrected chi connectivity index (χ2v) is 7.82. The Morgan fingerprint density at radius 2 is 1.75 bits per heavy atom. The number of hydrogen-bond acceptors (Lipinski definition) is 11. The van der Waals surface area contributed by atoms with E-state index in [2.05, 4.69) is 9.44 Å². The molecule has 1 aliphatic rings. The average Bonchev–Trinajstić information content (AvgIpc) is 2.61. The molecule has 153 valence electrons. The summed E-state index contributed by atoms with van der Waals surface area (Å²) in [7, 11) is -4.88. The maximum Gasteiger partial charge on any atom is 0.466 e. The molecular weight excluding hydrogens is 445 g/mol. The van der Waals surface area contributed by atoms with Crippen LogP contribution in [-0.4, -0.2) is 131 Å². The number of phenols is 1. The third-order valence-corrected chi connectivity index (χ3v) is 5.00. The van der Waals surface area contributed by atoms with Crippen LogP contribution in [0.3, 0.4) is 0 Å². The maximum absolute atomic E-state index is 10.8. The number of thioether (sulfide) groups is 1. The van der Waals surface area contributed by atoms with Crippen LogP contribution in [0.5, 0.6) is 5.75 Å². The van der Waals surface area contributed by atoms with Gasteiger partial charge in [0, 0.05) is 57.8 Å². The molecule has 0 unspecified atom stereocenters. The van der Waals surface area contributed by atoms with Crippen LogP contribution in [-0.2, 0) is 25.8 Å². The molecule has 14 heteroatoms. The van der Waals surface area contributed by atoms with Gasteiger partial charge in [0.05, 0.1) is 6.61 Å². The predicted octanol–water partition coefficient (Wildman–Crippen LogP) is -1.78. The Morgan fingerprint density at radius 1 is 1.14 bits per heavy atom. The molecular formula is C14H19KNO10S2. The maximum atomic E-state index is 10.8. The average molecular weight is 465 g/mol. The zero-order valence-corrected chi connectivity index (χ0v) is 19.4. The van der Waals surface area contributed by atoms with E-state index >= 15 is 0 Å². The normalized spacial score (nSPS) is 28.5. The molecule has 0 aliphatic carbocycles. The third-order valence-electron chi connectivity index (χ3n) is 3.63.